The van der Waals surface area contributed by atoms with Crippen LogP contribution in [0.5, 0.6) is 0 Å². The molecule has 14 heavy (non-hydrogen) atoms. The molecule has 0 spiro atoms. The molecular formula is C8H10F6. The summed E-state index contributed by atoms with van der Waals surface area (Å²) in [6.07, 6.45) is -4.82. The molecule has 0 saturated heterocycles. The summed E-state index contributed by atoms with van der Waals surface area (Å²) in [7, 11) is 0. The minimum absolute atomic E-state index is 0.250. The van der Waals surface area contributed by atoms with Crippen LogP contribution >= 0.6 is 0 Å². The zero-order chi connectivity index (χ0) is 11.7. The van der Waals surface area contributed by atoms with Crippen molar-refractivity contribution in [3.63, 3.8) is 0 Å². The van der Waals surface area contributed by atoms with E-state index in [-0.39, 0.29) is 12.2 Å². The predicted octanol–water partition coefficient (Wildman–Crippen LogP) is 4.25. The first-order chi connectivity index (χ1) is 6.25. The van der Waals surface area contributed by atoms with E-state index in [1.165, 1.54) is 0 Å². The summed E-state index contributed by atoms with van der Waals surface area (Å²) in [4.78, 5) is 0. The molecule has 0 fully saturated rings. The first kappa shape index (κ1) is 15.5. The van der Waals surface area contributed by atoms with E-state index >= 15 is 0 Å². The lowest BCUT2D eigenvalue weighted by Gasteiger charge is -1.83. The molecule has 0 radical (unpaired) electrons. The van der Waals surface area contributed by atoms with Crippen LogP contribution in [0.1, 0.15) is 13.8 Å². The minimum Gasteiger partial charge on any atom is -0.212 e. The molecule has 0 N–H and O–H groups in total. The third kappa shape index (κ3) is 22.5. The van der Waals surface area contributed by atoms with Crippen LogP contribution in [0.4, 0.5) is 26.3 Å². The molecule has 0 aliphatic heterocycles. The second-order valence-electron chi connectivity index (χ2n) is 2.18. The summed E-state index contributed by atoms with van der Waals surface area (Å²) in [5.41, 5.74) is 0. The SMILES string of the molecule is CC(F)=CC(F)F.CC(F)=CC(F)F. The van der Waals surface area contributed by atoms with Crippen molar-refractivity contribution in [3.05, 3.63) is 23.8 Å². The van der Waals surface area contributed by atoms with Crippen LogP contribution in [0.3, 0.4) is 0 Å². The molecule has 0 rings (SSSR count). The maximum absolute atomic E-state index is 11.3. The van der Waals surface area contributed by atoms with Crippen molar-refractivity contribution in [2.45, 2.75) is 26.7 Å². The maximum Gasteiger partial charge on any atom is 0.259 e. The summed E-state index contributed by atoms with van der Waals surface area (Å²) < 4.78 is 66.5. The molecule has 0 aliphatic carbocycles. The number of alkyl halides is 4. The van der Waals surface area contributed by atoms with Gasteiger partial charge in [-0.25, -0.2) is 26.3 Å². The molecule has 0 atom stereocenters. The average Bonchev–Trinajstić information content (AvgIpc) is 1.79. The Hall–Kier alpha value is -0.940. The van der Waals surface area contributed by atoms with Gasteiger partial charge in [-0.1, -0.05) is 0 Å². The van der Waals surface area contributed by atoms with Crippen LogP contribution in [0.15, 0.2) is 23.8 Å². The highest BCUT2D eigenvalue weighted by atomic mass is 19.3. The van der Waals surface area contributed by atoms with Crippen LogP contribution in [0.25, 0.3) is 0 Å². The van der Waals surface area contributed by atoms with Gasteiger partial charge < -0.3 is 0 Å². The average molecular weight is 220 g/mol. The highest BCUT2D eigenvalue weighted by Gasteiger charge is 1.95. The molecule has 0 aromatic heterocycles. The Bertz CT molecular complexity index is 164. The second-order valence-corrected chi connectivity index (χ2v) is 2.18. The number of rotatable bonds is 2. The molecule has 0 bridgehead atoms. The van der Waals surface area contributed by atoms with Crippen LogP contribution < -0.4 is 0 Å². The molecule has 6 heteroatoms. The van der Waals surface area contributed by atoms with Gasteiger partial charge in [-0.2, -0.15) is 0 Å². The number of allylic oxidation sites excluding steroid dienone is 4. The van der Waals surface area contributed by atoms with Gasteiger partial charge in [-0.05, 0) is 13.8 Å². The van der Waals surface area contributed by atoms with E-state index in [1.807, 2.05) is 0 Å². The zero-order valence-corrected chi connectivity index (χ0v) is 7.58. The van der Waals surface area contributed by atoms with E-state index in [9.17, 15) is 26.3 Å². The maximum atomic E-state index is 11.3. The van der Waals surface area contributed by atoms with Gasteiger partial charge in [-0.3, -0.25) is 0 Å². The van der Waals surface area contributed by atoms with Crippen LogP contribution in [-0.4, -0.2) is 12.9 Å². The topological polar surface area (TPSA) is 0 Å². The van der Waals surface area contributed by atoms with Crippen LogP contribution in [0, 0.1) is 0 Å². The fraction of sp³-hybridized carbons (Fsp3) is 0.500. The Balaban J connectivity index is 0. The van der Waals surface area contributed by atoms with Crippen molar-refractivity contribution in [1.29, 1.82) is 0 Å². The Kier molecular flexibility index (Phi) is 9.59. The molecular weight excluding hydrogens is 210 g/mol. The van der Waals surface area contributed by atoms with Gasteiger partial charge in [-0.15, -0.1) is 0 Å². The number of halogens is 6. The van der Waals surface area contributed by atoms with E-state index < -0.39 is 24.5 Å². The molecule has 0 saturated carbocycles. The Morgan fingerprint density at radius 3 is 1.00 bits per heavy atom. The smallest absolute Gasteiger partial charge is 0.212 e. The quantitative estimate of drug-likeness (QED) is 0.610. The van der Waals surface area contributed by atoms with Crippen LogP contribution in [-0.2, 0) is 0 Å². The van der Waals surface area contributed by atoms with Crippen molar-refractivity contribution in [1.82, 2.24) is 0 Å². The second kappa shape index (κ2) is 8.65. The number of hydrogen-bond acceptors (Lipinski definition) is 0. The predicted molar refractivity (Wildman–Crippen MR) is 41.7 cm³/mol. The third-order valence-corrected chi connectivity index (χ3v) is 0.711. The third-order valence-electron chi connectivity index (χ3n) is 0.711. The monoisotopic (exact) mass is 220 g/mol. The summed E-state index contributed by atoms with van der Waals surface area (Å²) >= 11 is 0. The van der Waals surface area contributed by atoms with Crippen molar-refractivity contribution in [2.24, 2.45) is 0 Å². The van der Waals surface area contributed by atoms with Gasteiger partial charge >= 0.3 is 0 Å². The largest absolute Gasteiger partial charge is 0.259 e. The summed E-state index contributed by atoms with van der Waals surface area (Å²) in [5.74, 6) is -1.68. The fourth-order valence-corrected chi connectivity index (χ4v) is 0.347. The molecule has 0 aromatic rings. The lowest BCUT2D eigenvalue weighted by Crippen LogP contribution is -1.80. The van der Waals surface area contributed by atoms with Gasteiger partial charge in [0.1, 0.15) is 0 Å². The molecule has 0 aliphatic rings. The van der Waals surface area contributed by atoms with E-state index in [1.54, 1.807) is 0 Å². The number of hydrogen-bond donors (Lipinski definition) is 0. The highest BCUT2D eigenvalue weighted by molar-refractivity contribution is 4.88. The van der Waals surface area contributed by atoms with E-state index in [4.69, 9.17) is 0 Å². The van der Waals surface area contributed by atoms with Gasteiger partial charge in [0.15, 0.2) is 0 Å². The molecule has 0 nitrogen and oxygen atoms in total. The van der Waals surface area contributed by atoms with Gasteiger partial charge in [0.25, 0.3) is 12.9 Å². The molecule has 0 heterocycles. The van der Waals surface area contributed by atoms with Gasteiger partial charge in [0, 0.05) is 12.2 Å². The van der Waals surface area contributed by atoms with Gasteiger partial charge in [0.2, 0.25) is 0 Å². The standard InChI is InChI=1S/2C4H5F3/c2*1-3(5)2-4(6)7/h2*2,4H,1H3. The molecule has 0 aromatic carbocycles. The Morgan fingerprint density at radius 1 is 0.786 bits per heavy atom. The van der Waals surface area contributed by atoms with Crippen molar-refractivity contribution in [2.75, 3.05) is 0 Å². The van der Waals surface area contributed by atoms with E-state index in [0.29, 0.717) is 0 Å². The lowest BCUT2D eigenvalue weighted by atomic mass is 10.5. The summed E-state index contributed by atoms with van der Waals surface area (Å²) in [6.45, 7) is 1.96. The van der Waals surface area contributed by atoms with E-state index in [0.717, 1.165) is 13.8 Å². The minimum atomic E-state index is -2.66. The molecule has 84 valence electrons. The Labute approximate surface area is 77.9 Å². The highest BCUT2D eigenvalue weighted by Crippen LogP contribution is 2.00. The van der Waals surface area contributed by atoms with Crippen molar-refractivity contribution in [3.8, 4) is 0 Å². The fourth-order valence-electron chi connectivity index (χ4n) is 0.347. The van der Waals surface area contributed by atoms with Gasteiger partial charge in [0.05, 0.1) is 11.7 Å². The summed E-state index contributed by atoms with van der Waals surface area (Å²) in [5, 5.41) is 0. The lowest BCUT2D eigenvalue weighted by molar-refractivity contribution is 0.200. The molecule has 0 amide bonds. The zero-order valence-electron chi connectivity index (χ0n) is 7.58. The first-order valence-corrected chi connectivity index (χ1v) is 3.49. The van der Waals surface area contributed by atoms with Crippen LogP contribution in [0.2, 0.25) is 0 Å². The van der Waals surface area contributed by atoms with Crippen molar-refractivity contribution >= 4 is 0 Å². The Morgan fingerprint density at radius 2 is 1.00 bits per heavy atom. The summed E-state index contributed by atoms with van der Waals surface area (Å²) in [6, 6.07) is 0. The van der Waals surface area contributed by atoms with E-state index in [2.05, 4.69) is 0 Å². The first-order valence-electron chi connectivity index (χ1n) is 3.49. The normalized spacial score (nSPS) is 13.0. The molecule has 0 unspecified atom stereocenters. The van der Waals surface area contributed by atoms with Crippen molar-refractivity contribution < 1.29 is 26.3 Å².